The second-order valence-corrected chi connectivity index (χ2v) is 6.17. The van der Waals surface area contributed by atoms with Gasteiger partial charge in [0.25, 0.3) is 0 Å². The lowest BCUT2D eigenvalue weighted by Gasteiger charge is -2.04. The van der Waals surface area contributed by atoms with Gasteiger partial charge in [-0.15, -0.1) is 11.3 Å². The molecule has 0 saturated carbocycles. The van der Waals surface area contributed by atoms with Crippen LogP contribution in [0.25, 0.3) is 10.6 Å². The van der Waals surface area contributed by atoms with Gasteiger partial charge in [0, 0.05) is 17.0 Å². The predicted molar refractivity (Wildman–Crippen MR) is 89.4 cm³/mol. The minimum absolute atomic E-state index is 0.0478. The highest BCUT2D eigenvalue weighted by atomic mass is 32.1. The van der Waals surface area contributed by atoms with Crippen molar-refractivity contribution >= 4 is 17.3 Å². The van der Waals surface area contributed by atoms with Crippen molar-refractivity contribution in [2.24, 2.45) is 0 Å². The predicted octanol–water partition coefficient (Wildman–Crippen LogP) is 3.83. The number of carbonyl (C=O) groups is 1. The Balaban J connectivity index is 1.42. The summed E-state index contributed by atoms with van der Waals surface area (Å²) in [5.74, 6) is 0.853. The molecular formula is C18H12FNO4S. The molecule has 4 rings (SSSR count). The van der Waals surface area contributed by atoms with E-state index in [-0.39, 0.29) is 19.0 Å². The maximum atomic E-state index is 13.0. The smallest absolute Gasteiger partial charge is 0.317 e. The molecule has 0 saturated heterocycles. The summed E-state index contributed by atoms with van der Waals surface area (Å²) in [5.41, 5.74) is 1.41. The van der Waals surface area contributed by atoms with Gasteiger partial charge in [-0.1, -0.05) is 0 Å². The highest BCUT2D eigenvalue weighted by Gasteiger charge is 2.16. The van der Waals surface area contributed by atoms with Crippen LogP contribution < -0.4 is 14.2 Å². The van der Waals surface area contributed by atoms with Crippen molar-refractivity contribution in [2.75, 3.05) is 6.79 Å². The molecule has 3 aromatic rings. The molecule has 0 atom stereocenters. The van der Waals surface area contributed by atoms with Gasteiger partial charge in [-0.25, -0.2) is 9.37 Å². The van der Waals surface area contributed by atoms with Crippen LogP contribution in [-0.4, -0.2) is 17.7 Å². The molecule has 0 aliphatic carbocycles. The van der Waals surface area contributed by atoms with Gasteiger partial charge in [-0.3, -0.25) is 4.79 Å². The van der Waals surface area contributed by atoms with Crippen LogP contribution in [0.3, 0.4) is 0 Å². The average molecular weight is 357 g/mol. The highest BCUT2D eigenvalue weighted by Crippen LogP contribution is 2.35. The maximum Gasteiger partial charge on any atom is 0.317 e. The Morgan fingerprint density at radius 1 is 1.16 bits per heavy atom. The molecule has 0 N–H and O–H groups in total. The van der Waals surface area contributed by atoms with E-state index in [1.807, 2.05) is 0 Å². The topological polar surface area (TPSA) is 57.7 Å². The number of hydrogen-bond acceptors (Lipinski definition) is 6. The Kier molecular flexibility index (Phi) is 4.07. The molecule has 5 nitrogen and oxygen atoms in total. The first-order valence-electron chi connectivity index (χ1n) is 7.48. The van der Waals surface area contributed by atoms with Gasteiger partial charge in [-0.2, -0.15) is 0 Å². The zero-order valence-corrected chi connectivity index (χ0v) is 13.7. The zero-order chi connectivity index (χ0) is 17.2. The van der Waals surface area contributed by atoms with E-state index in [2.05, 4.69) is 4.98 Å². The fourth-order valence-corrected chi connectivity index (χ4v) is 3.19. The number of nitrogens with zero attached hydrogens (tertiary/aromatic N) is 1. The number of fused-ring (bicyclic) bond motifs is 1. The fourth-order valence-electron chi connectivity index (χ4n) is 2.37. The van der Waals surface area contributed by atoms with Gasteiger partial charge in [0.15, 0.2) is 11.5 Å². The van der Waals surface area contributed by atoms with Gasteiger partial charge in [0.2, 0.25) is 6.79 Å². The third-order valence-corrected chi connectivity index (χ3v) is 4.48. The molecule has 0 spiro atoms. The van der Waals surface area contributed by atoms with Crippen LogP contribution in [0.15, 0.2) is 47.8 Å². The van der Waals surface area contributed by atoms with E-state index in [0.29, 0.717) is 22.9 Å². The first kappa shape index (κ1) is 15.6. The molecule has 1 aliphatic heterocycles. The largest absolute Gasteiger partial charge is 0.454 e. The number of ether oxygens (including phenoxy) is 3. The lowest BCUT2D eigenvalue weighted by Crippen LogP contribution is -2.11. The summed E-state index contributed by atoms with van der Waals surface area (Å²) in [5, 5.41) is 2.52. The summed E-state index contributed by atoms with van der Waals surface area (Å²) in [6.07, 6.45) is 0.0478. The number of aromatic nitrogens is 1. The van der Waals surface area contributed by atoms with Crippen molar-refractivity contribution in [2.45, 2.75) is 6.42 Å². The number of esters is 1. The quantitative estimate of drug-likeness (QED) is 0.525. The van der Waals surface area contributed by atoms with Crippen LogP contribution in [0.2, 0.25) is 0 Å². The van der Waals surface area contributed by atoms with Crippen molar-refractivity contribution in [1.82, 2.24) is 4.98 Å². The summed E-state index contributed by atoms with van der Waals surface area (Å²) in [7, 11) is 0. The molecule has 0 bridgehead atoms. The van der Waals surface area contributed by atoms with E-state index in [4.69, 9.17) is 14.2 Å². The second kappa shape index (κ2) is 6.52. The molecule has 0 radical (unpaired) electrons. The first-order valence-corrected chi connectivity index (χ1v) is 8.36. The molecular weight excluding hydrogens is 345 g/mol. The Hall–Kier alpha value is -2.93. The summed E-state index contributed by atoms with van der Waals surface area (Å²) < 4.78 is 28.7. The Bertz CT molecular complexity index is 923. The van der Waals surface area contributed by atoms with Gasteiger partial charge in [-0.05, 0) is 36.4 Å². The number of benzene rings is 2. The molecule has 2 heterocycles. The van der Waals surface area contributed by atoms with Gasteiger partial charge < -0.3 is 14.2 Å². The Labute approximate surface area is 146 Å². The molecule has 0 amide bonds. The normalized spacial score (nSPS) is 12.2. The van der Waals surface area contributed by atoms with Crippen LogP contribution in [0.5, 0.6) is 17.2 Å². The number of rotatable bonds is 4. The van der Waals surface area contributed by atoms with E-state index < -0.39 is 5.97 Å². The monoisotopic (exact) mass is 357 g/mol. The molecule has 0 fully saturated rings. The van der Waals surface area contributed by atoms with E-state index in [9.17, 15) is 9.18 Å². The highest BCUT2D eigenvalue weighted by molar-refractivity contribution is 7.13. The molecule has 2 aromatic carbocycles. The standard InChI is InChI=1S/C18H12FNO4S/c19-12-3-1-11(2-4-12)18-20-13(9-25-18)7-17(21)24-14-5-6-15-16(8-14)23-10-22-15/h1-6,8-9H,7,10H2. The van der Waals surface area contributed by atoms with Crippen molar-refractivity contribution < 1.29 is 23.4 Å². The zero-order valence-electron chi connectivity index (χ0n) is 12.9. The van der Waals surface area contributed by atoms with Crippen LogP contribution in [-0.2, 0) is 11.2 Å². The van der Waals surface area contributed by atoms with Crippen LogP contribution in [0.4, 0.5) is 4.39 Å². The SMILES string of the molecule is O=C(Cc1csc(-c2ccc(F)cc2)n1)Oc1ccc2c(c1)OCO2. The Morgan fingerprint density at radius 3 is 2.80 bits per heavy atom. The number of hydrogen-bond donors (Lipinski definition) is 0. The molecule has 0 unspecified atom stereocenters. The number of thiazole rings is 1. The summed E-state index contributed by atoms with van der Waals surface area (Å²) in [4.78, 5) is 16.5. The molecule has 1 aliphatic rings. The second-order valence-electron chi connectivity index (χ2n) is 5.32. The molecule has 7 heteroatoms. The van der Waals surface area contributed by atoms with Crippen molar-refractivity contribution in [1.29, 1.82) is 0 Å². The van der Waals surface area contributed by atoms with E-state index in [1.165, 1.54) is 23.5 Å². The molecule has 1 aromatic heterocycles. The first-order chi connectivity index (χ1) is 12.2. The van der Waals surface area contributed by atoms with Crippen LogP contribution in [0.1, 0.15) is 5.69 Å². The molecule has 25 heavy (non-hydrogen) atoms. The lowest BCUT2D eigenvalue weighted by molar-refractivity contribution is -0.133. The summed E-state index contributed by atoms with van der Waals surface area (Å²) in [6, 6.07) is 11.0. The number of carbonyl (C=O) groups excluding carboxylic acids is 1. The van der Waals surface area contributed by atoms with Gasteiger partial charge in [0.1, 0.15) is 16.6 Å². The number of halogens is 1. The average Bonchev–Trinajstić information content (AvgIpc) is 3.24. The van der Waals surface area contributed by atoms with E-state index in [0.717, 1.165) is 10.6 Å². The third-order valence-electron chi connectivity index (χ3n) is 3.54. The minimum atomic E-state index is -0.421. The Morgan fingerprint density at radius 2 is 1.96 bits per heavy atom. The van der Waals surface area contributed by atoms with Gasteiger partial charge in [0.05, 0.1) is 12.1 Å². The van der Waals surface area contributed by atoms with Gasteiger partial charge >= 0.3 is 5.97 Å². The maximum absolute atomic E-state index is 13.0. The van der Waals surface area contributed by atoms with E-state index >= 15 is 0 Å². The van der Waals surface area contributed by atoms with Crippen molar-refractivity contribution in [3.63, 3.8) is 0 Å². The van der Waals surface area contributed by atoms with Crippen LogP contribution >= 0.6 is 11.3 Å². The third kappa shape index (κ3) is 3.46. The summed E-state index contributed by atoms with van der Waals surface area (Å²) in [6.45, 7) is 0.164. The van der Waals surface area contributed by atoms with E-state index in [1.54, 1.807) is 35.7 Å². The minimum Gasteiger partial charge on any atom is -0.454 e. The fraction of sp³-hybridized carbons (Fsp3) is 0.111. The van der Waals surface area contributed by atoms with Crippen LogP contribution in [0, 0.1) is 5.82 Å². The van der Waals surface area contributed by atoms with Crippen molar-refractivity contribution in [3.8, 4) is 27.8 Å². The van der Waals surface area contributed by atoms with Crippen molar-refractivity contribution in [3.05, 3.63) is 59.4 Å². The summed E-state index contributed by atoms with van der Waals surface area (Å²) >= 11 is 1.40. The molecule has 126 valence electrons. The lowest BCUT2D eigenvalue weighted by atomic mass is 10.2.